The molecule has 0 radical (unpaired) electrons. The normalized spacial score (nSPS) is 28.6. The monoisotopic (exact) mass is 470 g/mol. The van der Waals surface area contributed by atoms with Gasteiger partial charge in [-0.05, 0) is 63.9 Å². The Morgan fingerprint density at radius 2 is 1.79 bits per heavy atom. The van der Waals surface area contributed by atoms with Crippen LogP contribution in [0.5, 0.6) is 5.75 Å². The number of fused-ring (bicyclic) bond motifs is 3. The first-order chi connectivity index (χ1) is 15.7. The van der Waals surface area contributed by atoms with Crippen molar-refractivity contribution >= 4 is 23.3 Å². The van der Waals surface area contributed by atoms with Gasteiger partial charge in [-0.2, -0.15) is 0 Å². The van der Waals surface area contributed by atoms with E-state index in [-0.39, 0.29) is 46.6 Å². The van der Waals surface area contributed by atoms with E-state index in [2.05, 4.69) is 0 Å². The third-order valence-corrected chi connectivity index (χ3v) is 7.29. The average Bonchev–Trinajstić information content (AvgIpc) is 2.72. The van der Waals surface area contributed by atoms with Gasteiger partial charge in [-0.15, -0.1) is 0 Å². The first kappa shape index (κ1) is 23.7. The minimum absolute atomic E-state index is 0.0300. The molecule has 10 nitrogen and oxygen atoms in total. The Morgan fingerprint density at radius 3 is 2.32 bits per heavy atom. The number of rotatable bonds is 3. The average molecular weight is 470 g/mol. The van der Waals surface area contributed by atoms with Crippen molar-refractivity contribution in [1.29, 1.82) is 0 Å². The summed E-state index contributed by atoms with van der Waals surface area (Å²) in [5.41, 5.74) is 2.22. The Kier molecular flexibility index (Phi) is 5.22. The fourth-order valence-corrected chi connectivity index (χ4v) is 5.77. The van der Waals surface area contributed by atoms with E-state index in [1.54, 1.807) is 14.1 Å². The third-order valence-electron chi connectivity index (χ3n) is 7.29. The number of ketones is 3. The van der Waals surface area contributed by atoms with Gasteiger partial charge in [0.15, 0.2) is 17.2 Å². The first-order valence-electron chi connectivity index (χ1n) is 10.8. The summed E-state index contributed by atoms with van der Waals surface area (Å²) in [6.45, 7) is 2.87. The molecule has 0 aliphatic heterocycles. The topological polar surface area (TPSA) is 178 Å². The zero-order valence-electron chi connectivity index (χ0n) is 19.2. The molecule has 6 N–H and O–H groups in total. The quantitative estimate of drug-likeness (QED) is 0.313. The maximum absolute atomic E-state index is 13.6. The number of nitrogens with zero attached hydrogens (tertiary/aromatic N) is 1. The van der Waals surface area contributed by atoms with E-state index in [0.29, 0.717) is 5.56 Å². The number of amides is 1. The van der Waals surface area contributed by atoms with Crippen molar-refractivity contribution in [3.05, 3.63) is 51.0 Å². The molecule has 3 aliphatic carbocycles. The van der Waals surface area contributed by atoms with E-state index in [4.69, 9.17) is 5.73 Å². The molecule has 34 heavy (non-hydrogen) atoms. The number of carbonyl (C=O) groups excluding carboxylic acids is 4. The van der Waals surface area contributed by atoms with Crippen LogP contribution in [0.4, 0.5) is 0 Å². The van der Waals surface area contributed by atoms with E-state index in [1.807, 2.05) is 0 Å². The number of carbonyl (C=O) groups is 4. The summed E-state index contributed by atoms with van der Waals surface area (Å²) in [5, 5.41) is 44.1. The highest BCUT2D eigenvalue weighted by atomic mass is 16.3. The molecule has 180 valence electrons. The molecule has 0 fully saturated rings. The molecule has 0 saturated carbocycles. The van der Waals surface area contributed by atoms with Crippen LogP contribution in [0.3, 0.4) is 0 Å². The molecule has 10 heteroatoms. The highest BCUT2D eigenvalue weighted by molar-refractivity contribution is 6.25. The summed E-state index contributed by atoms with van der Waals surface area (Å²) in [5.74, 6) is -7.43. The van der Waals surface area contributed by atoms with Crippen molar-refractivity contribution in [3.8, 4) is 5.75 Å². The molecule has 1 aromatic carbocycles. The van der Waals surface area contributed by atoms with Crippen molar-refractivity contribution in [2.75, 3.05) is 14.1 Å². The van der Waals surface area contributed by atoms with Crippen LogP contribution >= 0.6 is 0 Å². The lowest BCUT2D eigenvalue weighted by Gasteiger charge is -2.50. The van der Waals surface area contributed by atoms with Crippen LogP contribution in [0.1, 0.15) is 45.2 Å². The largest absolute Gasteiger partial charge is 0.510 e. The summed E-state index contributed by atoms with van der Waals surface area (Å²) in [6.07, 6.45) is 0.0506. The van der Waals surface area contributed by atoms with Gasteiger partial charge in [-0.3, -0.25) is 24.1 Å². The van der Waals surface area contributed by atoms with E-state index in [0.717, 1.165) is 0 Å². The Hall–Kier alpha value is -3.50. The van der Waals surface area contributed by atoms with Crippen LogP contribution in [-0.2, 0) is 16.0 Å². The van der Waals surface area contributed by atoms with E-state index in [1.165, 1.54) is 24.8 Å². The molecule has 3 aliphatic rings. The van der Waals surface area contributed by atoms with E-state index >= 15 is 0 Å². The standard InChI is InChI=1S/C24H26N2O8/c1-8-5-11(9(2)27)12-6-10-7-13-17(26(3)4)20(30)16(23(25)33)22(32)24(13,34)21(31)14(10)19(29)15(12)18(8)28/h5,10,13,17,28,30-31,34H,6-7H2,1-4H3,(H2,25,33). The highest BCUT2D eigenvalue weighted by Crippen LogP contribution is 2.52. The number of aromatic hydroxyl groups is 1. The number of hydrogen-bond donors (Lipinski definition) is 5. The number of primary amides is 1. The lowest BCUT2D eigenvalue weighted by molar-refractivity contribution is -0.148. The van der Waals surface area contributed by atoms with Gasteiger partial charge in [0.2, 0.25) is 5.78 Å². The maximum Gasteiger partial charge on any atom is 0.255 e. The van der Waals surface area contributed by atoms with E-state index in [9.17, 15) is 39.6 Å². The Bertz CT molecular complexity index is 1260. The second-order valence-electron chi connectivity index (χ2n) is 9.46. The number of nitrogens with two attached hydrogens (primary N) is 1. The number of aliphatic hydroxyl groups is 3. The molecule has 0 saturated heterocycles. The van der Waals surface area contributed by atoms with Crippen LogP contribution in [-0.4, -0.2) is 74.3 Å². The van der Waals surface area contributed by atoms with Crippen LogP contribution in [0.15, 0.2) is 28.7 Å². The van der Waals surface area contributed by atoms with Gasteiger partial charge < -0.3 is 26.2 Å². The molecule has 4 unspecified atom stereocenters. The lowest BCUT2D eigenvalue weighted by Crippen LogP contribution is -2.63. The van der Waals surface area contributed by atoms with Gasteiger partial charge in [-0.1, -0.05) is 0 Å². The van der Waals surface area contributed by atoms with Crippen LogP contribution in [0, 0.1) is 18.8 Å². The molecule has 0 heterocycles. The van der Waals surface area contributed by atoms with Crippen molar-refractivity contribution in [1.82, 2.24) is 4.90 Å². The molecule has 1 aromatic rings. The molecule has 4 rings (SSSR count). The van der Waals surface area contributed by atoms with Gasteiger partial charge in [0, 0.05) is 17.1 Å². The molecular weight excluding hydrogens is 444 g/mol. The number of Topliss-reactive ketones (excluding diaryl/α,β-unsaturated/α-hetero) is 3. The number of likely N-dealkylation sites (N-methyl/N-ethyl adjacent to an activating group) is 1. The molecule has 0 bridgehead atoms. The molecular formula is C24H26N2O8. The number of aryl methyl sites for hydroxylation is 1. The van der Waals surface area contributed by atoms with Crippen LogP contribution in [0.25, 0.3) is 0 Å². The van der Waals surface area contributed by atoms with Gasteiger partial charge in [0.25, 0.3) is 5.91 Å². The summed E-state index contributed by atoms with van der Waals surface area (Å²) < 4.78 is 0. The molecule has 0 aromatic heterocycles. The minimum Gasteiger partial charge on any atom is -0.510 e. The smallest absolute Gasteiger partial charge is 0.255 e. The van der Waals surface area contributed by atoms with Gasteiger partial charge in [0.1, 0.15) is 22.8 Å². The Balaban J connectivity index is 2.00. The van der Waals surface area contributed by atoms with Crippen molar-refractivity contribution < 1.29 is 39.6 Å². The Labute approximate surface area is 195 Å². The highest BCUT2D eigenvalue weighted by Gasteiger charge is 2.63. The van der Waals surface area contributed by atoms with Crippen LogP contribution in [0.2, 0.25) is 0 Å². The predicted octanol–water partition coefficient (Wildman–Crippen LogP) is 0.632. The second-order valence-corrected chi connectivity index (χ2v) is 9.46. The Morgan fingerprint density at radius 1 is 1.18 bits per heavy atom. The van der Waals surface area contributed by atoms with Crippen LogP contribution < -0.4 is 5.73 Å². The number of phenols is 1. The fourth-order valence-electron chi connectivity index (χ4n) is 5.77. The van der Waals surface area contributed by atoms with Gasteiger partial charge in [0.05, 0.1) is 11.6 Å². The van der Waals surface area contributed by atoms with Crippen molar-refractivity contribution in [2.45, 2.75) is 38.3 Å². The zero-order valence-corrected chi connectivity index (χ0v) is 19.2. The SMILES string of the molecule is CC(=O)c1cc(C)c(O)c2c1CC1CC3C(N(C)C)C(O)=C(C(N)=O)C(=O)C3(O)C(O)=C1C2=O. The van der Waals surface area contributed by atoms with Crippen molar-refractivity contribution in [3.63, 3.8) is 0 Å². The predicted molar refractivity (Wildman–Crippen MR) is 118 cm³/mol. The molecule has 4 atom stereocenters. The lowest BCUT2D eigenvalue weighted by atomic mass is 9.58. The molecule has 1 amide bonds. The fraction of sp³-hybridized carbons (Fsp3) is 0.417. The number of aliphatic hydroxyl groups excluding tert-OH is 2. The minimum atomic E-state index is -2.69. The summed E-state index contributed by atoms with van der Waals surface area (Å²) in [4.78, 5) is 52.5. The van der Waals surface area contributed by atoms with E-state index < -0.39 is 58.0 Å². The van der Waals surface area contributed by atoms with Crippen molar-refractivity contribution in [2.24, 2.45) is 17.6 Å². The third kappa shape index (κ3) is 2.88. The van der Waals surface area contributed by atoms with Gasteiger partial charge in [-0.25, -0.2) is 0 Å². The number of hydrogen-bond acceptors (Lipinski definition) is 9. The summed E-state index contributed by atoms with van der Waals surface area (Å²) in [7, 11) is 3.12. The second kappa shape index (κ2) is 7.51. The summed E-state index contributed by atoms with van der Waals surface area (Å²) >= 11 is 0. The van der Waals surface area contributed by atoms with Gasteiger partial charge >= 0.3 is 0 Å². The number of benzene rings is 1. The zero-order chi connectivity index (χ0) is 25.4. The number of allylic oxidation sites excluding steroid dienone is 1. The first-order valence-corrected chi connectivity index (χ1v) is 10.8. The maximum atomic E-state index is 13.6. The summed E-state index contributed by atoms with van der Waals surface area (Å²) in [6, 6.07) is 0.432. The number of phenolic OH excluding ortho intramolecular Hbond substituents is 1. The molecule has 0 spiro atoms.